The van der Waals surface area contributed by atoms with Gasteiger partial charge in [0.05, 0.1) is 6.54 Å². The van der Waals surface area contributed by atoms with Crippen molar-refractivity contribution in [2.24, 2.45) is 0 Å². The number of amides is 1. The Morgan fingerprint density at radius 1 is 1.09 bits per heavy atom. The molecule has 3 rings (SSSR count). The molecular weight excluding hydrogens is 292 g/mol. The number of nitrogens with one attached hydrogen (secondary N) is 1. The second kappa shape index (κ2) is 7.64. The summed E-state index contributed by atoms with van der Waals surface area (Å²) in [6.07, 6.45) is 7.02. The fourth-order valence-corrected chi connectivity index (χ4v) is 2.54. The molecule has 0 radical (unpaired) electrons. The van der Waals surface area contributed by atoms with E-state index in [0.717, 1.165) is 24.6 Å². The van der Waals surface area contributed by atoms with Gasteiger partial charge in [-0.15, -0.1) is 0 Å². The van der Waals surface area contributed by atoms with E-state index in [1.165, 1.54) is 0 Å². The summed E-state index contributed by atoms with van der Waals surface area (Å²) in [4.78, 5) is 28.8. The highest BCUT2D eigenvalue weighted by Crippen LogP contribution is 2.09. The van der Waals surface area contributed by atoms with Gasteiger partial charge in [-0.25, -0.2) is 9.97 Å². The van der Waals surface area contributed by atoms with Crippen LogP contribution in [0.3, 0.4) is 0 Å². The van der Waals surface area contributed by atoms with Gasteiger partial charge in [-0.2, -0.15) is 0 Å². The molecule has 1 N–H and O–H groups in total. The van der Waals surface area contributed by atoms with Crippen LogP contribution in [0.2, 0.25) is 0 Å². The molecule has 0 aromatic carbocycles. The largest absolute Gasteiger partial charge is 0.338 e. The third kappa shape index (κ3) is 4.23. The maximum absolute atomic E-state index is 12.2. The predicted octanol–water partition coefficient (Wildman–Crippen LogP) is 0.310. The van der Waals surface area contributed by atoms with Crippen LogP contribution in [0.5, 0.6) is 0 Å². The van der Waals surface area contributed by atoms with Crippen molar-refractivity contribution in [3.8, 4) is 0 Å². The fraction of sp³-hybridized carbons (Fsp3) is 0.375. The molecular formula is C16H20N6O. The second-order valence-electron chi connectivity index (χ2n) is 5.38. The normalized spacial score (nSPS) is 14.8. The predicted molar refractivity (Wildman–Crippen MR) is 86.8 cm³/mol. The molecule has 1 amide bonds. The first-order valence-corrected chi connectivity index (χ1v) is 7.72. The molecule has 2 aromatic rings. The van der Waals surface area contributed by atoms with Crippen LogP contribution < -0.4 is 10.2 Å². The number of rotatable bonds is 5. The summed E-state index contributed by atoms with van der Waals surface area (Å²) in [5, 5.41) is 3.17. The van der Waals surface area contributed by atoms with Crippen molar-refractivity contribution in [2.75, 3.05) is 37.6 Å². The van der Waals surface area contributed by atoms with Crippen LogP contribution in [0, 0.1) is 0 Å². The van der Waals surface area contributed by atoms with E-state index in [-0.39, 0.29) is 5.91 Å². The van der Waals surface area contributed by atoms with E-state index >= 15 is 0 Å². The molecule has 0 aliphatic carbocycles. The SMILES string of the molecule is O=C(CNCc1cccnc1)N1CCN(c2ncccn2)CC1. The van der Waals surface area contributed by atoms with E-state index in [4.69, 9.17) is 0 Å². The molecule has 23 heavy (non-hydrogen) atoms. The monoisotopic (exact) mass is 312 g/mol. The first kappa shape index (κ1) is 15.4. The van der Waals surface area contributed by atoms with Crippen molar-refractivity contribution in [1.29, 1.82) is 0 Å². The molecule has 1 aliphatic rings. The lowest BCUT2D eigenvalue weighted by molar-refractivity contribution is -0.130. The Balaban J connectivity index is 1.41. The van der Waals surface area contributed by atoms with E-state index in [1.54, 1.807) is 30.9 Å². The van der Waals surface area contributed by atoms with Gasteiger partial charge in [0, 0.05) is 57.5 Å². The van der Waals surface area contributed by atoms with Crippen LogP contribution >= 0.6 is 0 Å². The van der Waals surface area contributed by atoms with Gasteiger partial charge in [0.1, 0.15) is 0 Å². The van der Waals surface area contributed by atoms with Crippen molar-refractivity contribution < 1.29 is 4.79 Å². The number of hydrogen-bond donors (Lipinski definition) is 1. The number of hydrogen-bond acceptors (Lipinski definition) is 6. The maximum atomic E-state index is 12.2. The first-order chi connectivity index (χ1) is 11.3. The number of pyridine rings is 1. The summed E-state index contributed by atoms with van der Waals surface area (Å²) in [5.74, 6) is 0.858. The molecule has 0 atom stereocenters. The molecule has 0 saturated carbocycles. The van der Waals surface area contributed by atoms with Gasteiger partial charge in [-0.3, -0.25) is 9.78 Å². The molecule has 7 heteroatoms. The number of anilines is 1. The van der Waals surface area contributed by atoms with Crippen LogP contribution in [-0.4, -0.2) is 58.5 Å². The van der Waals surface area contributed by atoms with Gasteiger partial charge in [0.25, 0.3) is 0 Å². The van der Waals surface area contributed by atoms with Crippen LogP contribution in [0.15, 0.2) is 43.0 Å². The summed E-state index contributed by atoms with van der Waals surface area (Å²) in [7, 11) is 0. The average Bonchev–Trinajstić information content (AvgIpc) is 2.63. The zero-order valence-corrected chi connectivity index (χ0v) is 12.9. The van der Waals surface area contributed by atoms with Crippen LogP contribution in [-0.2, 0) is 11.3 Å². The van der Waals surface area contributed by atoms with Crippen molar-refractivity contribution in [3.63, 3.8) is 0 Å². The standard InChI is InChI=1S/C16H20N6O/c23-15(13-18-12-14-3-1-4-17-11-14)21-7-9-22(10-8-21)16-19-5-2-6-20-16/h1-6,11,18H,7-10,12-13H2. The Labute approximate surface area is 135 Å². The summed E-state index contributed by atoms with van der Waals surface area (Å²) >= 11 is 0. The maximum Gasteiger partial charge on any atom is 0.236 e. The number of piperazine rings is 1. The summed E-state index contributed by atoms with van der Waals surface area (Å²) in [6.45, 7) is 3.92. The van der Waals surface area contributed by atoms with Gasteiger partial charge >= 0.3 is 0 Å². The van der Waals surface area contributed by atoms with E-state index in [1.807, 2.05) is 17.0 Å². The molecule has 0 bridgehead atoms. The van der Waals surface area contributed by atoms with E-state index in [9.17, 15) is 4.79 Å². The van der Waals surface area contributed by atoms with Crippen molar-refractivity contribution >= 4 is 11.9 Å². The van der Waals surface area contributed by atoms with E-state index in [0.29, 0.717) is 26.2 Å². The van der Waals surface area contributed by atoms with Gasteiger partial charge < -0.3 is 15.1 Å². The molecule has 1 aliphatic heterocycles. The zero-order chi connectivity index (χ0) is 15.9. The van der Waals surface area contributed by atoms with Crippen LogP contribution in [0.1, 0.15) is 5.56 Å². The molecule has 0 spiro atoms. The molecule has 7 nitrogen and oxygen atoms in total. The minimum Gasteiger partial charge on any atom is -0.338 e. The molecule has 2 aromatic heterocycles. The van der Waals surface area contributed by atoms with Crippen molar-refractivity contribution in [2.45, 2.75) is 6.54 Å². The first-order valence-electron chi connectivity index (χ1n) is 7.72. The minimum absolute atomic E-state index is 0.127. The number of nitrogens with zero attached hydrogens (tertiary/aromatic N) is 5. The summed E-state index contributed by atoms with van der Waals surface area (Å²) < 4.78 is 0. The summed E-state index contributed by atoms with van der Waals surface area (Å²) in [6, 6.07) is 5.68. The average molecular weight is 312 g/mol. The molecule has 1 fully saturated rings. The fourth-order valence-electron chi connectivity index (χ4n) is 2.54. The minimum atomic E-state index is 0.127. The topological polar surface area (TPSA) is 74.2 Å². The quantitative estimate of drug-likeness (QED) is 0.856. The third-order valence-electron chi connectivity index (χ3n) is 3.80. The van der Waals surface area contributed by atoms with E-state index < -0.39 is 0 Å². The molecule has 3 heterocycles. The van der Waals surface area contributed by atoms with Crippen LogP contribution in [0.25, 0.3) is 0 Å². The Kier molecular flexibility index (Phi) is 5.10. The number of carbonyl (C=O) groups is 1. The lowest BCUT2D eigenvalue weighted by Crippen LogP contribution is -2.51. The zero-order valence-electron chi connectivity index (χ0n) is 12.9. The van der Waals surface area contributed by atoms with Gasteiger partial charge in [-0.05, 0) is 17.7 Å². The lowest BCUT2D eigenvalue weighted by Gasteiger charge is -2.34. The van der Waals surface area contributed by atoms with Crippen molar-refractivity contribution in [3.05, 3.63) is 48.5 Å². The van der Waals surface area contributed by atoms with Crippen molar-refractivity contribution in [1.82, 2.24) is 25.2 Å². The Hall–Kier alpha value is -2.54. The number of aromatic nitrogens is 3. The third-order valence-corrected chi connectivity index (χ3v) is 3.80. The van der Waals surface area contributed by atoms with Gasteiger partial charge in [0.15, 0.2) is 0 Å². The second-order valence-corrected chi connectivity index (χ2v) is 5.38. The Bertz CT molecular complexity index is 613. The van der Waals surface area contributed by atoms with Gasteiger partial charge in [-0.1, -0.05) is 6.07 Å². The summed E-state index contributed by atoms with van der Waals surface area (Å²) in [5.41, 5.74) is 1.08. The van der Waals surface area contributed by atoms with Gasteiger partial charge in [0.2, 0.25) is 11.9 Å². The Morgan fingerprint density at radius 2 is 1.87 bits per heavy atom. The number of carbonyl (C=O) groups excluding carboxylic acids is 1. The highest BCUT2D eigenvalue weighted by molar-refractivity contribution is 5.78. The Morgan fingerprint density at radius 3 is 2.57 bits per heavy atom. The smallest absolute Gasteiger partial charge is 0.236 e. The lowest BCUT2D eigenvalue weighted by atomic mass is 10.3. The highest BCUT2D eigenvalue weighted by Gasteiger charge is 2.21. The molecule has 1 saturated heterocycles. The van der Waals surface area contributed by atoms with Crippen LogP contribution in [0.4, 0.5) is 5.95 Å². The molecule has 0 unspecified atom stereocenters. The van der Waals surface area contributed by atoms with E-state index in [2.05, 4.69) is 25.2 Å². The molecule has 120 valence electrons. The highest BCUT2D eigenvalue weighted by atomic mass is 16.2.